The molecule has 0 amide bonds. The van der Waals surface area contributed by atoms with E-state index < -0.39 is 10.0 Å². The number of ketones is 1. The predicted molar refractivity (Wildman–Crippen MR) is 86.7 cm³/mol. The van der Waals surface area contributed by atoms with Gasteiger partial charge in [0.2, 0.25) is 10.0 Å². The highest BCUT2D eigenvalue weighted by molar-refractivity contribution is 7.92. The molecule has 0 aliphatic carbocycles. The van der Waals surface area contributed by atoms with Crippen LogP contribution in [0.5, 0.6) is 0 Å². The number of Topliss-reactive ketones (excluding diaryl/α,β-unsaturated/α-hetero) is 1. The van der Waals surface area contributed by atoms with Crippen molar-refractivity contribution in [2.75, 3.05) is 16.6 Å². The molecule has 0 N–H and O–H groups in total. The van der Waals surface area contributed by atoms with Crippen LogP contribution in [0.15, 0.2) is 54.6 Å². The highest BCUT2D eigenvalue weighted by atomic mass is 32.2. The Labute approximate surface area is 130 Å². The van der Waals surface area contributed by atoms with Gasteiger partial charge in [-0.05, 0) is 24.1 Å². The Kier molecular flexibility index (Phi) is 3.98. The van der Waals surface area contributed by atoms with Gasteiger partial charge in [-0.25, -0.2) is 8.42 Å². The van der Waals surface area contributed by atoms with E-state index in [4.69, 9.17) is 0 Å². The van der Waals surface area contributed by atoms with Crippen molar-refractivity contribution in [3.63, 3.8) is 0 Å². The average Bonchev–Trinajstić information content (AvgIpc) is 2.54. The van der Waals surface area contributed by atoms with Crippen LogP contribution < -0.4 is 4.31 Å². The standard InChI is InChI=1S/C17H17NO3S/c19-17-10-12-18(16-9-5-4-8-15(16)17)22(20,21)13-11-14-6-2-1-3-7-14/h1-9H,10-13H2. The van der Waals surface area contributed by atoms with Crippen molar-refractivity contribution in [2.24, 2.45) is 0 Å². The van der Waals surface area contributed by atoms with Crippen molar-refractivity contribution in [3.05, 3.63) is 65.7 Å². The maximum absolute atomic E-state index is 12.6. The first-order chi connectivity index (χ1) is 10.6. The van der Waals surface area contributed by atoms with Gasteiger partial charge in [0.05, 0.1) is 11.4 Å². The van der Waals surface area contributed by atoms with E-state index in [1.807, 2.05) is 30.3 Å². The second kappa shape index (κ2) is 5.93. The molecular weight excluding hydrogens is 298 g/mol. The van der Waals surface area contributed by atoms with E-state index in [9.17, 15) is 13.2 Å². The number of para-hydroxylation sites is 1. The van der Waals surface area contributed by atoms with Crippen LogP contribution in [0.4, 0.5) is 5.69 Å². The third-order valence-electron chi connectivity index (χ3n) is 3.84. The highest BCUT2D eigenvalue weighted by Crippen LogP contribution is 2.29. The number of aryl methyl sites for hydroxylation is 1. The molecule has 2 aromatic rings. The van der Waals surface area contributed by atoms with Crippen molar-refractivity contribution in [2.45, 2.75) is 12.8 Å². The number of anilines is 1. The summed E-state index contributed by atoms with van der Waals surface area (Å²) in [5.74, 6) is 0.0459. The number of benzene rings is 2. The van der Waals surface area contributed by atoms with Gasteiger partial charge in [0, 0.05) is 18.5 Å². The molecule has 0 radical (unpaired) electrons. The molecular formula is C17H17NO3S. The van der Waals surface area contributed by atoms with Crippen molar-refractivity contribution in [1.29, 1.82) is 0 Å². The molecule has 0 bridgehead atoms. The Morgan fingerprint density at radius 2 is 1.64 bits per heavy atom. The molecule has 0 saturated heterocycles. The first-order valence-corrected chi connectivity index (χ1v) is 8.85. The predicted octanol–water partition coefficient (Wildman–Crippen LogP) is 2.65. The maximum atomic E-state index is 12.6. The Hall–Kier alpha value is -2.14. The van der Waals surface area contributed by atoms with Crippen LogP contribution in [0.25, 0.3) is 0 Å². The summed E-state index contributed by atoms with van der Waals surface area (Å²) in [7, 11) is -3.44. The quantitative estimate of drug-likeness (QED) is 0.871. The van der Waals surface area contributed by atoms with Crippen molar-refractivity contribution in [1.82, 2.24) is 0 Å². The fourth-order valence-electron chi connectivity index (χ4n) is 2.68. The Morgan fingerprint density at radius 1 is 0.955 bits per heavy atom. The summed E-state index contributed by atoms with van der Waals surface area (Å²) in [6.07, 6.45) is 0.706. The second-order valence-electron chi connectivity index (χ2n) is 5.31. The van der Waals surface area contributed by atoms with Gasteiger partial charge in [-0.2, -0.15) is 0 Å². The number of nitrogens with zero attached hydrogens (tertiary/aromatic N) is 1. The fraction of sp³-hybridized carbons (Fsp3) is 0.235. The van der Waals surface area contributed by atoms with E-state index in [1.165, 1.54) is 4.31 Å². The van der Waals surface area contributed by atoms with Gasteiger partial charge in [0.1, 0.15) is 0 Å². The first kappa shape index (κ1) is 14.8. The second-order valence-corrected chi connectivity index (χ2v) is 7.33. The van der Waals surface area contributed by atoms with Crippen LogP contribution in [-0.4, -0.2) is 26.5 Å². The molecule has 1 aliphatic rings. The molecule has 2 aromatic carbocycles. The van der Waals surface area contributed by atoms with Crippen LogP contribution in [-0.2, 0) is 16.4 Å². The summed E-state index contributed by atoms with van der Waals surface area (Å²) in [5, 5.41) is 0. The van der Waals surface area contributed by atoms with Crippen LogP contribution >= 0.6 is 0 Å². The number of sulfonamides is 1. The summed E-state index contributed by atoms with van der Waals surface area (Å²) >= 11 is 0. The van der Waals surface area contributed by atoms with E-state index in [0.717, 1.165) is 5.56 Å². The lowest BCUT2D eigenvalue weighted by atomic mass is 10.0. The summed E-state index contributed by atoms with van der Waals surface area (Å²) < 4.78 is 26.7. The Bertz CT molecular complexity index is 785. The molecule has 1 heterocycles. The number of hydrogen-bond donors (Lipinski definition) is 0. The number of carbonyl (C=O) groups is 1. The van der Waals surface area contributed by atoms with Gasteiger partial charge in [-0.3, -0.25) is 9.10 Å². The fourth-order valence-corrected chi connectivity index (χ4v) is 4.22. The van der Waals surface area contributed by atoms with Crippen LogP contribution in [0.2, 0.25) is 0 Å². The van der Waals surface area contributed by atoms with E-state index in [0.29, 0.717) is 17.7 Å². The average molecular weight is 315 g/mol. The molecule has 0 spiro atoms. The zero-order valence-electron chi connectivity index (χ0n) is 12.1. The number of carbonyl (C=O) groups excluding carboxylic acids is 1. The SMILES string of the molecule is O=C1CCN(S(=O)(=O)CCc2ccccc2)c2ccccc21. The number of rotatable bonds is 4. The molecule has 0 aromatic heterocycles. The minimum Gasteiger partial charge on any atom is -0.294 e. The minimum atomic E-state index is -3.44. The van der Waals surface area contributed by atoms with Gasteiger partial charge in [0.15, 0.2) is 5.78 Å². The van der Waals surface area contributed by atoms with Gasteiger partial charge in [-0.1, -0.05) is 42.5 Å². The third-order valence-corrected chi connectivity index (χ3v) is 5.61. The van der Waals surface area contributed by atoms with Crippen molar-refractivity contribution < 1.29 is 13.2 Å². The largest absolute Gasteiger partial charge is 0.294 e. The van der Waals surface area contributed by atoms with Crippen LogP contribution in [0.1, 0.15) is 22.3 Å². The van der Waals surface area contributed by atoms with Gasteiger partial charge >= 0.3 is 0 Å². The molecule has 22 heavy (non-hydrogen) atoms. The topological polar surface area (TPSA) is 54.5 Å². The van der Waals surface area contributed by atoms with Crippen molar-refractivity contribution in [3.8, 4) is 0 Å². The summed E-state index contributed by atoms with van der Waals surface area (Å²) in [6.45, 7) is 0.229. The number of hydrogen-bond acceptors (Lipinski definition) is 3. The zero-order chi connectivity index (χ0) is 15.6. The maximum Gasteiger partial charge on any atom is 0.235 e. The molecule has 3 rings (SSSR count). The molecule has 0 atom stereocenters. The van der Waals surface area contributed by atoms with Crippen molar-refractivity contribution >= 4 is 21.5 Å². The van der Waals surface area contributed by atoms with Gasteiger partial charge in [0.25, 0.3) is 0 Å². The lowest BCUT2D eigenvalue weighted by Gasteiger charge is -2.29. The Morgan fingerprint density at radius 3 is 2.41 bits per heavy atom. The highest BCUT2D eigenvalue weighted by Gasteiger charge is 2.30. The van der Waals surface area contributed by atoms with Gasteiger partial charge < -0.3 is 0 Å². The van der Waals surface area contributed by atoms with E-state index in [1.54, 1.807) is 24.3 Å². The minimum absolute atomic E-state index is 0.00473. The van der Waals surface area contributed by atoms with E-state index in [-0.39, 0.29) is 24.5 Å². The van der Waals surface area contributed by atoms with Crippen LogP contribution in [0, 0.1) is 0 Å². The Balaban J connectivity index is 1.84. The first-order valence-electron chi connectivity index (χ1n) is 7.24. The van der Waals surface area contributed by atoms with Crippen LogP contribution in [0.3, 0.4) is 0 Å². The molecule has 1 aliphatic heterocycles. The molecule has 0 unspecified atom stereocenters. The molecule has 5 heteroatoms. The molecule has 114 valence electrons. The molecule has 0 saturated carbocycles. The molecule has 4 nitrogen and oxygen atoms in total. The number of fused-ring (bicyclic) bond motifs is 1. The van der Waals surface area contributed by atoms with E-state index in [2.05, 4.69) is 0 Å². The lowest BCUT2D eigenvalue weighted by Crippen LogP contribution is -2.39. The normalized spacial score (nSPS) is 14.7. The zero-order valence-corrected chi connectivity index (χ0v) is 12.9. The molecule has 0 fully saturated rings. The summed E-state index contributed by atoms with van der Waals surface area (Å²) in [5.41, 5.74) is 2.00. The van der Waals surface area contributed by atoms with Gasteiger partial charge in [-0.15, -0.1) is 0 Å². The monoisotopic (exact) mass is 315 g/mol. The summed E-state index contributed by atoms with van der Waals surface area (Å²) in [4.78, 5) is 11.9. The lowest BCUT2D eigenvalue weighted by molar-refractivity contribution is 0.0982. The third kappa shape index (κ3) is 2.90. The van der Waals surface area contributed by atoms with E-state index >= 15 is 0 Å². The summed E-state index contributed by atoms with van der Waals surface area (Å²) in [6, 6.07) is 16.5. The smallest absolute Gasteiger partial charge is 0.235 e.